The largest absolute Gasteiger partial charge is 0.369 e. The molecule has 1 fully saturated rings. The topological polar surface area (TPSA) is 38.3 Å². The fraction of sp³-hybridized carbons (Fsp3) is 0.923. The Balaban J connectivity index is 2.47. The number of hydrogen-bond donors (Lipinski definition) is 1. The van der Waals surface area contributed by atoms with Gasteiger partial charge in [0.1, 0.15) is 6.61 Å². The Bertz CT molecular complexity index is 258. The van der Waals surface area contributed by atoms with Crippen molar-refractivity contribution in [2.24, 2.45) is 5.92 Å². The first-order valence-corrected chi connectivity index (χ1v) is 6.99. The van der Waals surface area contributed by atoms with Gasteiger partial charge in [0, 0.05) is 5.88 Å². The van der Waals surface area contributed by atoms with Gasteiger partial charge in [-0.15, -0.1) is 11.6 Å². The lowest BCUT2D eigenvalue weighted by Gasteiger charge is -2.39. The minimum Gasteiger partial charge on any atom is -0.369 e. The number of halogens is 1. The molecule has 0 aliphatic heterocycles. The molecule has 2 unspecified atom stereocenters. The van der Waals surface area contributed by atoms with Crippen LogP contribution in [-0.2, 0) is 9.53 Å². The monoisotopic (exact) mass is 261 g/mol. The van der Waals surface area contributed by atoms with Crippen LogP contribution < -0.4 is 5.32 Å². The van der Waals surface area contributed by atoms with Crippen molar-refractivity contribution >= 4 is 17.5 Å². The highest BCUT2D eigenvalue weighted by molar-refractivity contribution is 6.18. The van der Waals surface area contributed by atoms with Crippen molar-refractivity contribution in [3.05, 3.63) is 0 Å². The molecule has 0 aromatic heterocycles. The molecule has 1 saturated carbocycles. The van der Waals surface area contributed by atoms with Crippen molar-refractivity contribution in [2.75, 3.05) is 12.5 Å². The second-order valence-corrected chi connectivity index (χ2v) is 5.79. The van der Waals surface area contributed by atoms with Crippen LogP contribution in [0, 0.1) is 5.92 Å². The fourth-order valence-electron chi connectivity index (χ4n) is 2.50. The van der Waals surface area contributed by atoms with Gasteiger partial charge in [0.15, 0.2) is 0 Å². The highest BCUT2D eigenvalue weighted by Gasteiger charge is 2.35. The standard InChI is InChI=1S/C13H24ClNO2/c1-10(2)17-8-12(16)15-13(9-14)6-4-5-11(3)7-13/h10-11H,4-9H2,1-3H3,(H,15,16). The Morgan fingerprint density at radius 2 is 2.29 bits per heavy atom. The molecule has 2 atom stereocenters. The van der Waals surface area contributed by atoms with Gasteiger partial charge in [-0.25, -0.2) is 0 Å². The second-order valence-electron chi connectivity index (χ2n) is 5.52. The van der Waals surface area contributed by atoms with E-state index in [1.165, 1.54) is 6.42 Å². The molecule has 0 spiro atoms. The Kier molecular flexibility index (Phi) is 5.74. The normalized spacial score (nSPS) is 29.4. The third kappa shape index (κ3) is 4.84. The summed E-state index contributed by atoms with van der Waals surface area (Å²) in [6.45, 7) is 6.20. The molecule has 0 aromatic carbocycles. The summed E-state index contributed by atoms with van der Waals surface area (Å²) in [6, 6.07) is 0. The molecule has 1 rings (SSSR count). The quantitative estimate of drug-likeness (QED) is 0.773. The van der Waals surface area contributed by atoms with Crippen molar-refractivity contribution in [1.82, 2.24) is 5.32 Å². The summed E-state index contributed by atoms with van der Waals surface area (Å²) in [6.07, 6.45) is 4.41. The Morgan fingerprint density at radius 1 is 1.59 bits per heavy atom. The molecule has 0 bridgehead atoms. The van der Waals surface area contributed by atoms with Gasteiger partial charge in [0.25, 0.3) is 0 Å². The number of hydrogen-bond acceptors (Lipinski definition) is 2. The van der Waals surface area contributed by atoms with Gasteiger partial charge in [-0.2, -0.15) is 0 Å². The Hall–Kier alpha value is -0.280. The molecular formula is C13H24ClNO2. The molecule has 100 valence electrons. The van der Waals surface area contributed by atoms with Crippen LogP contribution in [0.25, 0.3) is 0 Å². The molecule has 0 heterocycles. The molecule has 17 heavy (non-hydrogen) atoms. The van der Waals surface area contributed by atoms with Crippen LogP contribution in [0.2, 0.25) is 0 Å². The Labute approximate surface area is 109 Å². The van der Waals surface area contributed by atoms with E-state index in [-0.39, 0.29) is 24.2 Å². The van der Waals surface area contributed by atoms with Gasteiger partial charge in [-0.05, 0) is 32.6 Å². The predicted molar refractivity (Wildman–Crippen MR) is 70.3 cm³/mol. The second kappa shape index (κ2) is 6.60. The molecular weight excluding hydrogens is 238 g/mol. The lowest BCUT2D eigenvalue weighted by molar-refractivity contribution is -0.129. The zero-order valence-corrected chi connectivity index (χ0v) is 11.8. The molecule has 0 radical (unpaired) electrons. The van der Waals surface area contributed by atoms with Crippen LogP contribution in [0.5, 0.6) is 0 Å². The fourth-order valence-corrected chi connectivity index (χ4v) is 2.81. The maximum atomic E-state index is 11.8. The summed E-state index contributed by atoms with van der Waals surface area (Å²) in [4.78, 5) is 11.8. The van der Waals surface area contributed by atoms with E-state index in [0.29, 0.717) is 11.8 Å². The zero-order chi connectivity index (χ0) is 12.9. The highest BCUT2D eigenvalue weighted by Crippen LogP contribution is 2.33. The molecule has 3 nitrogen and oxygen atoms in total. The highest BCUT2D eigenvalue weighted by atomic mass is 35.5. The molecule has 1 aliphatic rings. The van der Waals surface area contributed by atoms with Crippen molar-refractivity contribution < 1.29 is 9.53 Å². The number of amides is 1. The first kappa shape index (κ1) is 14.8. The van der Waals surface area contributed by atoms with Crippen LogP contribution in [0.1, 0.15) is 46.5 Å². The smallest absolute Gasteiger partial charge is 0.246 e. The van der Waals surface area contributed by atoms with Gasteiger partial charge in [0.05, 0.1) is 11.6 Å². The molecule has 1 aliphatic carbocycles. The number of carbonyl (C=O) groups is 1. The molecule has 4 heteroatoms. The lowest BCUT2D eigenvalue weighted by atomic mass is 9.77. The van der Waals surface area contributed by atoms with Gasteiger partial charge in [-0.1, -0.05) is 19.8 Å². The van der Waals surface area contributed by atoms with Gasteiger partial charge in [-0.3, -0.25) is 4.79 Å². The minimum absolute atomic E-state index is 0.0477. The van der Waals surface area contributed by atoms with E-state index in [1.54, 1.807) is 0 Å². The average Bonchev–Trinajstić information content (AvgIpc) is 2.26. The van der Waals surface area contributed by atoms with Gasteiger partial charge >= 0.3 is 0 Å². The number of ether oxygens (including phenoxy) is 1. The van der Waals surface area contributed by atoms with E-state index in [2.05, 4.69) is 12.2 Å². The van der Waals surface area contributed by atoms with E-state index in [9.17, 15) is 4.79 Å². The van der Waals surface area contributed by atoms with Crippen LogP contribution in [-0.4, -0.2) is 30.0 Å². The van der Waals surface area contributed by atoms with E-state index >= 15 is 0 Å². The molecule has 0 aromatic rings. The molecule has 0 saturated heterocycles. The van der Waals surface area contributed by atoms with E-state index in [1.807, 2.05) is 13.8 Å². The van der Waals surface area contributed by atoms with Gasteiger partial charge < -0.3 is 10.1 Å². The van der Waals surface area contributed by atoms with E-state index in [4.69, 9.17) is 16.3 Å². The summed E-state index contributed by atoms with van der Waals surface area (Å²) in [5, 5.41) is 3.07. The summed E-state index contributed by atoms with van der Waals surface area (Å²) in [5.74, 6) is 1.08. The molecule has 1 amide bonds. The predicted octanol–water partition coefficient (Wildman–Crippen LogP) is 2.72. The summed E-state index contributed by atoms with van der Waals surface area (Å²) in [7, 11) is 0. The van der Waals surface area contributed by atoms with Gasteiger partial charge in [0.2, 0.25) is 5.91 Å². The molecule has 1 N–H and O–H groups in total. The van der Waals surface area contributed by atoms with Crippen molar-refractivity contribution in [3.8, 4) is 0 Å². The summed E-state index contributed by atoms with van der Waals surface area (Å²) in [5.41, 5.74) is -0.212. The summed E-state index contributed by atoms with van der Waals surface area (Å²) >= 11 is 6.05. The van der Waals surface area contributed by atoms with Crippen LogP contribution >= 0.6 is 11.6 Å². The number of carbonyl (C=O) groups excluding carboxylic acids is 1. The first-order chi connectivity index (χ1) is 7.97. The minimum atomic E-state index is -0.212. The maximum Gasteiger partial charge on any atom is 0.246 e. The van der Waals surface area contributed by atoms with Crippen LogP contribution in [0.3, 0.4) is 0 Å². The van der Waals surface area contributed by atoms with Crippen LogP contribution in [0.4, 0.5) is 0 Å². The number of nitrogens with one attached hydrogen (secondary N) is 1. The lowest BCUT2D eigenvalue weighted by Crippen LogP contribution is -2.53. The van der Waals surface area contributed by atoms with E-state index in [0.717, 1.165) is 19.3 Å². The number of alkyl halides is 1. The SMILES string of the molecule is CC1CCCC(CCl)(NC(=O)COC(C)C)C1. The first-order valence-electron chi connectivity index (χ1n) is 6.46. The average molecular weight is 262 g/mol. The third-order valence-electron chi connectivity index (χ3n) is 3.30. The Morgan fingerprint density at radius 3 is 2.82 bits per heavy atom. The van der Waals surface area contributed by atoms with Crippen molar-refractivity contribution in [3.63, 3.8) is 0 Å². The number of rotatable bonds is 5. The van der Waals surface area contributed by atoms with Crippen LogP contribution in [0.15, 0.2) is 0 Å². The van der Waals surface area contributed by atoms with Crippen molar-refractivity contribution in [2.45, 2.75) is 58.1 Å². The third-order valence-corrected chi connectivity index (χ3v) is 3.81. The van der Waals surface area contributed by atoms with Crippen molar-refractivity contribution in [1.29, 1.82) is 0 Å². The maximum absolute atomic E-state index is 11.8. The van der Waals surface area contributed by atoms with E-state index < -0.39 is 0 Å². The summed E-state index contributed by atoms with van der Waals surface area (Å²) < 4.78 is 5.31. The zero-order valence-electron chi connectivity index (χ0n) is 11.1.